The second-order valence-electron chi connectivity index (χ2n) is 14.7. The van der Waals surface area contributed by atoms with Crippen molar-refractivity contribution in [3.8, 4) is 0 Å². The lowest BCUT2D eigenvalue weighted by Crippen LogP contribution is -2.48. The Morgan fingerprint density at radius 2 is 1.13 bits per heavy atom. The van der Waals surface area contributed by atoms with Gasteiger partial charge in [0.2, 0.25) is 23.6 Å². The van der Waals surface area contributed by atoms with Gasteiger partial charge in [-0.1, -0.05) is 50.2 Å². The molecule has 1 fully saturated rings. The average molecular weight is 723 g/mol. The first-order valence-electron chi connectivity index (χ1n) is 19.3. The molecule has 3 aromatic carbocycles. The van der Waals surface area contributed by atoms with E-state index in [9.17, 15) is 19.2 Å². The van der Waals surface area contributed by atoms with Crippen LogP contribution in [0.5, 0.6) is 0 Å². The van der Waals surface area contributed by atoms with Crippen molar-refractivity contribution >= 4 is 46.4 Å². The molecule has 4 N–H and O–H groups in total. The Kier molecular flexibility index (Phi) is 12.5. The Labute approximate surface area is 313 Å². The van der Waals surface area contributed by atoms with Crippen LogP contribution in [0.3, 0.4) is 0 Å². The van der Waals surface area contributed by atoms with Crippen LogP contribution in [0.25, 0.3) is 0 Å². The zero-order valence-corrected chi connectivity index (χ0v) is 31.4. The summed E-state index contributed by atoms with van der Waals surface area (Å²) in [7, 11) is 0. The molecule has 0 bridgehead atoms. The van der Waals surface area contributed by atoms with E-state index >= 15 is 0 Å². The predicted molar refractivity (Wildman–Crippen MR) is 209 cm³/mol. The molecule has 3 aromatic rings. The Hall–Kier alpha value is -4.74. The molecule has 0 spiro atoms. The molecule has 53 heavy (non-hydrogen) atoms. The largest absolute Gasteiger partial charge is 0.378 e. The van der Waals surface area contributed by atoms with E-state index in [4.69, 9.17) is 4.74 Å². The van der Waals surface area contributed by atoms with Crippen LogP contribution in [-0.4, -0.2) is 61.0 Å². The van der Waals surface area contributed by atoms with Crippen molar-refractivity contribution in [1.82, 2.24) is 10.6 Å². The summed E-state index contributed by atoms with van der Waals surface area (Å²) >= 11 is 0. The molecular formula is C42H54N6O5. The maximum Gasteiger partial charge on any atom is 0.250 e. The minimum absolute atomic E-state index is 0.0450. The fraction of sp³-hybridized carbons (Fsp3) is 0.476. The number of rotatable bonds is 12. The molecule has 11 nitrogen and oxygen atoms in total. The van der Waals surface area contributed by atoms with E-state index < -0.39 is 0 Å². The molecule has 2 aliphatic heterocycles. The fourth-order valence-electron chi connectivity index (χ4n) is 8.26. The number of nitrogens with zero attached hydrogens (tertiary/aromatic N) is 2. The normalized spacial score (nSPS) is 23.7. The highest BCUT2D eigenvalue weighted by atomic mass is 16.5. The standard InChI is InChI=1S/C42H54N6O5/c1-5-41(51)47-27(3)23-35(33-11-7-9-13-37(33)47)43-29-15-19-31(20-16-29)45-39(49)25-53-26-40(50)46-32-21-17-30(18-22-32)44-36-24-28(4)48(42(52)6-2)38-14-10-8-12-34(36)38/h7-16,19-20,27-28,30,32,35-36,43-44H,5-6,17-18,21-26H2,1-4H3,(H,45,49)(H,46,50)/t27-,28-,30?,32?,35+,36+/m0/s1. The molecule has 4 atom stereocenters. The molecule has 2 heterocycles. The first kappa shape index (κ1) is 38.0. The van der Waals surface area contributed by atoms with Gasteiger partial charge in [-0.3, -0.25) is 19.2 Å². The van der Waals surface area contributed by atoms with E-state index in [1.54, 1.807) is 0 Å². The van der Waals surface area contributed by atoms with Crippen LogP contribution in [0.4, 0.5) is 22.7 Å². The van der Waals surface area contributed by atoms with Crippen molar-refractivity contribution in [2.45, 2.75) is 115 Å². The second-order valence-corrected chi connectivity index (χ2v) is 14.7. The molecule has 3 aliphatic rings. The summed E-state index contributed by atoms with van der Waals surface area (Å²) in [5.41, 5.74) is 5.76. The molecule has 11 heteroatoms. The molecule has 0 saturated heterocycles. The van der Waals surface area contributed by atoms with Gasteiger partial charge in [-0.05, 0) is 99.9 Å². The molecule has 1 saturated carbocycles. The highest BCUT2D eigenvalue weighted by Crippen LogP contribution is 2.40. The van der Waals surface area contributed by atoms with Gasteiger partial charge in [-0.15, -0.1) is 0 Å². The van der Waals surface area contributed by atoms with Crippen molar-refractivity contribution < 1.29 is 23.9 Å². The first-order chi connectivity index (χ1) is 25.6. The van der Waals surface area contributed by atoms with Crippen LogP contribution in [-0.2, 0) is 23.9 Å². The monoisotopic (exact) mass is 722 g/mol. The third kappa shape index (κ3) is 9.08. The van der Waals surface area contributed by atoms with Crippen molar-refractivity contribution in [3.63, 3.8) is 0 Å². The lowest BCUT2D eigenvalue weighted by Gasteiger charge is -2.41. The SMILES string of the molecule is CCC(=O)N1c2ccccc2[C@H](Nc2ccc(NC(=O)COCC(=O)NC3CCC(N[C@@H]4C[C@H](C)N(C(=O)CC)c5ccccc54)CC3)cc2)C[C@@H]1C. The molecule has 0 aromatic heterocycles. The van der Waals surface area contributed by atoms with Crippen LogP contribution >= 0.6 is 0 Å². The fourth-order valence-corrected chi connectivity index (χ4v) is 8.26. The van der Waals surface area contributed by atoms with Crippen LogP contribution in [0.2, 0.25) is 0 Å². The van der Waals surface area contributed by atoms with E-state index in [1.165, 1.54) is 5.56 Å². The van der Waals surface area contributed by atoms with Gasteiger partial charge in [-0.25, -0.2) is 0 Å². The summed E-state index contributed by atoms with van der Waals surface area (Å²) in [5.74, 6) is -0.278. The lowest BCUT2D eigenvalue weighted by molar-refractivity contribution is -0.129. The summed E-state index contributed by atoms with van der Waals surface area (Å²) in [6, 6.07) is 24.6. The Morgan fingerprint density at radius 3 is 1.72 bits per heavy atom. The maximum atomic E-state index is 12.7. The number of hydrogen-bond donors (Lipinski definition) is 4. The molecule has 6 rings (SSSR count). The minimum atomic E-state index is -0.332. The Morgan fingerprint density at radius 1 is 0.642 bits per heavy atom. The number of fused-ring (bicyclic) bond motifs is 2. The summed E-state index contributed by atoms with van der Waals surface area (Å²) in [6.45, 7) is 7.60. The zero-order chi connectivity index (χ0) is 37.5. The van der Waals surface area contributed by atoms with Gasteiger partial charge in [0.25, 0.3) is 0 Å². The summed E-state index contributed by atoms with van der Waals surface area (Å²) < 4.78 is 5.47. The van der Waals surface area contributed by atoms with Crippen molar-refractivity contribution in [1.29, 1.82) is 0 Å². The van der Waals surface area contributed by atoms with Crippen LogP contribution in [0.1, 0.15) is 102 Å². The molecule has 0 unspecified atom stereocenters. The predicted octanol–water partition coefficient (Wildman–Crippen LogP) is 6.62. The number of benzene rings is 3. The van der Waals surface area contributed by atoms with E-state index in [0.29, 0.717) is 24.6 Å². The summed E-state index contributed by atoms with van der Waals surface area (Å²) in [6.07, 6.45) is 6.21. The number of amides is 4. The van der Waals surface area contributed by atoms with Gasteiger partial charge in [0, 0.05) is 65.8 Å². The average Bonchev–Trinajstić information content (AvgIpc) is 3.16. The number of carbonyl (C=O) groups is 4. The van der Waals surface area contributed by atoms with E-state index in [1.807, 2.05) is 84.3 Å². The smallest absolute Gasteiger partial charge is 0.250 e. The van der Waals surface area contributed by atoms with Gasteiger partial charge < -0.3 is 35.8 Å². The number of para-hydroxylation sites is 2. The van der Waals surface area contributed by atoms with Crippen LogP contribution in [0, 0.1) is 0 Å². The number of nitrogens with one attached hydrogen (secondary N) is 4. The Balaban J connectivity index is 0.902. The molecule has 282 valence electrons. The first-order valence-corrected chi connectivity index (χ1v) is 19.3. The quantitative estimate of drug-likeness (QED) is 0.165. The van der Waals surface area contributed by atoms with E-state index in [0.717, 1.165) is 61.2 Å². The van der Waals surface area contributed by atoms with Gasteiger partial charge in [-0.2, -0.15) is 0 Å². The lowest BCUT2D eigenvalue weighted by atomic mass is 9.87. The van der Waals surface area contributed by atoms with Crippen molar-refractivity contribution in [3.05, 3.63) is 83.9 Å². The Bertz CT molecular complexity index is 1760. The molecule has 1 aliphatic carbocycles. The number of anilines is 4. The highest BCUT2D eigenvalue weighted by molar-refractivity contribution is 5.96. The number of carbonyl (C=O) groups excluding carboxylic acids is 4. The molecule has 0 radical (unpaired) electrons. The van der Waals surface area contributed by atoms with Crippen molar-refractivity contribution in [2.75, 3.05) is 33.6 Å². The maximum absolute atomic E-state index is 12.7. The van der Waals surface area contributed by atoms with Crippen LogP contribution < -0.4 is 31.1 Å². The third-order valence-electron chi connectivity index (χ3n) is 10.8. The third-order valence-corrected chi connectivity index (χ3v) is 10.8. The van der Waals surface area contributed by atoms with Crippen molar-refractivity contribution in [2.24, 2.45) is 0 Å². The summed E-state index contributed by atoms with van der Waals surface area (Å²) in [4.78, 5) is 54.5. The van der Waals surface area contributed by atoms with Crippen LogP contribution in [0.15, 0.2) is 72.8 Å². The minimum Gasteiger partial charge on any atom is -0.378 e. The van der Waals surface area contributed by atoms with Gasteiger partial charge in [0.1, 0.15) is 13.2 Å². The second kappa shape index (κ2) is 17.4. The van der Waals surface area contributed by atoms with Gasteiger partial charge >= 0.3 is 0 Å². The number of hydrogen-bond acceptors (Lipinski definition) is 7. The highest BCUT2D eigenvalue weighted by Gasteiger charge is 2.35. The molecular weight excluding hydrogens is 668 g/mol. The topological polar surface area (TPSA) is 132 Å². The summed E-state index contributed by atoms with van der Waals surface area (Å²) in [5, 5.41) is 13.4. The van der Waals surface area contributed by atoms with Gasteiger partial charge in [0.05, 0.1) is 6.04 Å². The van der Waals surface area contributed by atoms with E-state index in [2.05, 4.69) is 47.2 Å². The van der Waals surface area contributed by atoms with Gasteiger partial charge in [0.15, 0.2) is 0 Å². The van der Waals surface area contributed by atoms with E-state index in [-0.39, 0.29) is 67.1 Å². The molecule has 4 amide bonds. The number of ether oxygens (including phenoxy) is 1. The zero-order valence-electron chi connectivity index (χ0n) is 31.4.